The third-order valence-corrected chi connectivity index (χ3v) is 6.56. The standard InChI is InChI=1S/C25H28N6O2S/c1-18-8-9-22(19(2)15-18)33-14-6-13-30-12-5-7-21(30)16-20(17-26)23(32)27-24-28-29-25(34-24)31-10-3-4-11-31/h5,7-9,12,15-16H,3-4,6,10-11,13-14H2,1-2H3,(H,27,28,32)/b20-16-. The smallest absolute Gasteiger partial charge is 0.268 e. The van der Waals surface area contributed by atoms with Gasteiger partial charge < -0.3 is 14.2 Å². The van der Waals surface area contributed by atoms with E-state index in [1.54, 1.807) is 6.08 Å². The summed E-state index contributed by atoms with van der Waals surface area (Å²) in [5, 5.41) is 21.7. The lowest BCUT2D eigenvalue weighted by Gasteiger charge is -2.11. The lowest BCUT2D eigenvalue weighted by molar-refractivity contribution is -0.112. The number of anilines is 2. The van der Waals surface area contributed by atoms with Gasteiger partial charge in [-0.05, 0) is 62.9 Å². The van der Waals surface area contributed by atoms with Crippen molar-refractivity contribution < 1.29 is 9.53 Å². The van der Waals surface area contributed by atoms with Crippen molar-refractivity contribution in [1.29, 1.82) is 5.26 Å². The van der Waals surface area contributed by atoms with Crippen LogP contribution in [-0.4, -0.2) is 40.4 Å². The van der Waals surface area contributed by atoms with Crippen molar-refractivity contribution in [3.63, 3.8) is 0 Å². The van der Waals surface area contributed by atoms with Gasteiger partial charge in [-0.25, -0.2) is 0 Å². The molecule has 0 atom stereocenters. The molecule has 8 nitrogen and oxygen atoms in total. The minimum absolute atomic E-state index is 0.0180. The van der Waals surface area contributed by atoms with Crippen LogP contribution in [0.15, 0.2) is 42.1 Å². The summed E-state index contributed by atoms with van der Waals surface area (Å²) in [5.74, 6) is 0.406. The Morgan fingerprint density at radius 3 is 2.85 bits per heavy atom. The zero-order valence-corrected chi connectivity index (χ0v) is 20.3. The summed E-state index contributed by atoms with van der Waals surface area (Å²) in [7, 11) is 0. The van der Waals surface area contributed by atoms with Gasteiger partial charge in [-0.3, -0.25) is 10.1 Å². The molecule has 176 valence electrons. The maximum absolute atomic E-state index is 12.7. The van der Waals surface area contributed by atoms with Crippen LogP contribution in [0.5, 0.6) is 5.75 Å². The van der Waals surface area contributed by atoms with Gasteiger partial charge >= 0.3 is 0 Å². The quantitative estimate of drug-likeness (QED) is 0.276. The summed E-state index contributed by atoms with van der Waals surface area (Å²) in [6.07, 6.45) is 6.60. The lowest BCUT2D eigenvalue weighted by Crippen LogP contribution is -2.17. The molecular weight excluding hydrogens is 448 g/mol. The Balaban J connectivity index is 1.34. The molecule has 0 spiro atoms. The molecule has 1 N–H and O–H groups in total. The van der Waals surface area contributed by atoms with E-state index in [-0.39, 0.29) is 5.57 Å². The summed E-state index contributed by atoms with van der Waals surface area (Å²) >= 11 is 1.33. The van der Waals surface area contributed by atoms with Crippen LogP contribution in [0.1, 0.15) is 36.1 Å². The van der Waals surface area contributed by atoms with Crippen LogP contribution in [0.25, 0.3) is 6.08 Å². The Bertz CT molecular complexity index is 1220. The lowest BCUT2D eigenvalue weighted by atomic mass is 10.1. The average molecular weight is 477 g/mol. The van der Waals surface area contributed by atoms with E-state index >= 15 is 0 Å². The normalized spacial score (nSPS) is 13.7. The number of rotatable bonds is 9. The molecule has 3 heterocycles. The molecule has 9 heteroatoms. The van der Waals surface area contributed by atoms with Crippen LogP contribution < -0.4 is 15.0 Å². The first-order valence-corrected chi connectivity index (χ1v) is 12.2. The number of carbonyl (C=O) groups is 1. The number of nitriles is 1. The number of hydrogen-bond donors (Lipinski definition) is 1. The molecule has 1 saturated heterocycles. The largest absolute Gasteiger partial charge is 0.493 e. The summed E-state index contributed by atoms with van der Waals surface area (Å²) in [6.45, 7) is 7.30. The predicted molar refractivity (Wildman–Crippen MR) is 134 cm³/mol. The van der Waals surface area contributed by atoms with Crippen molar-refractivity contribution in [2.75, 3.05) is 29.9 Å². The van der Waals surface area contributed by atoms with Crippen molar-refractivity contribution in [1.82, 2.24) is 14.8 Å². The highest BCUT2D eigenvalue weighted by Gasteiger charge is 2.18. The van der Waals surface area contributed by atoms with Gasteiger partial charge in [0.15, 0.2) is 0 Å². The zero-order chi connectivity index (χ0) is 23.9. The summed E-state index contributed by atoms with van der Waals surface area (Å²) in [6, 6.07) is 11.9. The molecule has 0 aliphatic carbocycles. The number of ether oxygens (including phenoxy) is 1. The number of aryl methyl sites for hydroxylation is 3. The van der Waals surface area contributed by atoms with Crippen LogP contribution in [0.3, 0.4) is 0 Å². The Morgan fingerprint density at radius 1 is 1.26 bits per heavy atom. The topological polar surface area (TPSA) is 96.1 Å². The molecule has 0 unspecified atom stereocenters. The number of aromatic nitrogens is 3. The first kappa shape index (κ1) is 23.5. The molecule has 1 amide bonds. The predicted octanol–water partition coefficient (Wildman–Crippen LogP) is 4.57. The molecule has 3 aromatic rings. The fourth-order valence-electron chi connectivity index (χ4n) is 3.90. The molecule has 0 radical (unpaired) electrons. The molecule has 4 rings (SSSR count). The molecule has 1 aliphatic heterocycles. The van der Waals surface area contributed by atoms with Crippen LogP contribution in [0.4, 0.5) is 10.3 Å². The molecule has 1 fully saturated rings. The summed E-state index contributed by atoms with van der Waals surface area (Å²) in [5.41, 5.74) is 3.14. The van der Waals surface area contributed by atoms with Crippen LogP contribution in [0.2, 0.25) is 0 Å². The number of benzene rings is 1. The van der Waals surface area contributed by atoms with E-state index < -0.39 is 5.91 Å². The van der Waals surface area contributed by atoms with Crippen molar-refractivity contribution in [2.45, 2.75) is 39.7 Å². The summed E-state index contributed by atoms with van der Waals surface area (Å²) < 4.78 is 7.92. The maximum Gasteiger partial charge on any atom is 0.268 e. The molecule has 1 aromatic carbocycles. The molecule has 0 bridgehead atoms. The van der Waals surface area contributed by atoms with Crippen molar-refractivity contribution in [3.8, 4) is 11.8 Å². The Morgan fingerprint density at radius 2 is 2.09 bits per heavy atom. The minimum atomic E-state index is -0.488. The Labute approximate surface area is 203 Å². The van der Waals surface area contributed by atoms with E-state index in [0.717, 1.165) is 54.5 Å². The van der Waals surface area contributed by atoms with Crippen molar-refractivity contribution in [2.24, 2.45) is 0 Å². The van der Waals surface area contributed by atoms with Crippen molar-refractivity contribution >= 4 is 33.6 Å². The van der Waals surface area contributed by atoms with Gasteiger partial charge in [0.25, 0.3) is 5.91 Å². The third kappa shape index (κ3) is 5.83. The van der Waals surface area contributed by atoms with E-state index in [2.05, 4.69) is 33.4 Å². The van der Waals surface area contributed by atoms with E-state index in [4.69, 9.17) is 4.74 Å². The molecule has 0 saturated carbocycles. The van der Waals surface area contributed by atoms with Gasteiger partial charge in [-0.2, -0.15) is 5.26 Å². The second-order valence-electron chi connectivity index (χ2n) is 8.31. The summed E-state index contributed by atoms with van der Waals surface area (Å²) in [4.78, 5) is 14.8. The fraction of sp³-hybridized carbons (Fsp3) is 0.360. The molecule has 34 heavy (non-hydrogen) atoms. The van der Waals surface area contributed by atoms with E-state index in [0.29, 0.717) is 18.3 Å². The fourth-order valence-corrected chi connectivity index (χ4v) is 4.70. The zero-order valence-electron chi connectivity index (χ0n) is 19.5. The number of nitrogens with zero attached hydrogens (tertiary/aromatic N) is 5. The molecule has 2 aromatic heterocycles. The Hall–Kier alpha value is -3.64. The number of amides is 1. The first-order valence-electron chi connectivity index (χ1n) is 11.4. The van der Waals surface area contributed by atoms with Gasteiger partial charge in [0.05, 0.1) is 6.61 Å². The second kappa shape index (κ2) is 11.0. The second-order valence-corrected chi connectivity index (χ2v) is 9.26. The highest BCUT2D eigenvalue weighted by molar-refractivity contribution is 7.19. The van der Waals surface area contributed by atoms with E-state index in [9.17, 15) is 10.1 Å². The number of carbonyl (C=O) groups excluding carboxylic acids is 1. The molecule has 1 aliphatic rings. The van der Waals surface area contributed by atoms with Crippen LogP contribution in [0, 0.1) is 25.2 Å². The first-order chi connectivity index (χ1) is 16.5. The van der Waals surface area contributed by atoms with Gasteiger partial charge in [0, 0.05) is 31.5 Å². The van der Waals surface area contributed by atoms with Crippen LogP contribution >= 0.6 is 11.3 Å². The Kier molecular flexibility index (Phi) is 7.60. The van der Waals surface area contributed by atoms with Gasteiger partial charge in [0.1, 0.15) is 17.4 Å². The number of hydrogen-bond acceptors (Lipinski definition) is 7. The minimum Gasteiger partial charge on any atom is -0.493 e. The molecular formula is C25H28N6O2S. The van der Waals surface area contributed by atoms with E-state index in [1.807, 2.05) is 48.0 Å². The van der Waals surface area contributed by atoms with E-state index in [1.165, 1.54) is 16.9 Å². The monoisotopic (exact) mass is 476 g/mol. The third-order valence-electron chi connectivity index (χ3n) is 5.66. The highest BCUT2D eigenvalue weighted by atomic mass is 32.1. The van der Waals surface area contributed by atoms with Gasteiger partial charge in [-0.15, -0.1) is 10.2 Å². The number of nitrogens with one attached hydrogen (secondary N) is 1. The SMILES string of the molecule is Cc1ccc(OCCCn2cccc2/C=C(/C#N)C(=O)Nc2nnc(N3CCCC3)s2)c(C)c1. The van der Waals surface area contributed by atoms with Crippen molar-refractivity contribution in [3.05, 3.63) is 58.9 Å². The van der Waals surface area contributed by atoms with Gasteiger partial charge in [-0.1, -0.05) is 29.0 Å². The van der Waals surface area contributed by atoms with Crippen LogP contribution in [-0.2, 0) is 11.3 Å². The average Bonchev–Trinajstić information content (AvgIpc) is 3.58. The highest BCUT2D eigenvalue weighted by Crippen LogP contribution is 2.27. The maximum atomic E-state index is 12.7. The van der Waals surface area contributed by atoms with Gasteiger partial charge in [0.2, 0.25) is 10.3 Å².